The lowest BCUT2D eigenvalue weighted by molar-refractivity contribution is -0.137. The molecule has 7 nitrogen and oxygen atoms in total. The van der Waals surface area contributed by atoms with Gasteiger partial charge >= 0.3 is 6.18 Å². The third kappa shape index (κ3) is 5.60. The predicted octanol–water partition coefficient (Wildman–Crippen LogP) is 5.34. The van der Waals surface area contributed by atoms with Gasteiger partial charge in [0.25, 0.3) is 0 Å². The quantitative estimate of drug-likeness (QED) is 0.337. The zero-order valence-electron chi connectivity index (χ0n) is 17.9. The van der Waals surface area contributed by atoms with Gasteiger partial charge in [-0.05, 0) is 60.7 Å². The van der Waals surface area contributed by atoms with Crippen LogP contribution in [0.3, 0.4) is 0 Å². The summed E-state index contributed by atoms with van der Waals surface area (Å²) in [5, 5.41) is 11.6. The summed E-state index contributed by atoms with van der Waals surface area (Å²) in [4.78, 5) is 12.4. The Bertz CT molecular complexity index is 1240. The fraction of sp³-hybridized carbons (Fsp3) is 0.174. The highest BCUT2D eigenvalue weighted by molar-refractivity contribution is 7.99. The van der Waals surface area contributed by atoms with Crippen LogP contribution >= 0.6 is 11.8 Å². The second-order valence-electron chi connectivity index (χ2n) is 7.11. The molecular weight excluding hydrogens is 469 g/mol. The first-order valence-electron chi connectivity index (χ1n) is 10.0. The third-order valence-electron chi connectivity index (χ3n) is 4.79. The third-order valence-corrected chi connectivity index (χ3v) is 5.75. The summed E-state index contributed by atoms with van der Waals surface area (Å²) in [7, 11) is 1.58. The second kappa shape index (κ2) is 10.0. The number of nitrogens with zero attached hydrogens (tertiary/aromatic N) is 3. The molecule has 4 aromatic rings. The summed E-state index contributed by atoms with van der Waals surface area (Å²) in [5.74, 6) is 1.58. The lowest BCUT2D eigenvalue weighted by Gasteiger charge is -2.10. The fourth-order valence-electron chi connectivity index (χ4n) is 3.12. The summed E-state index contributed by atoms with van der Waals surface area (Å²) in [6.07, 6.45) is -2.87. The van der Waals surface area contributed by atoms with Gasteiger partial charge in [-0.1, -0.05) is 11.8 Å². The topological polar surface area (TPSA) is 82.2 Å². The lowest BCUT2D eigenvalue weighted by Crippen LogP contribution is -2.15. The molecule has 0 aliphatic carbocycles. The Morgan fingerprint density at radius 1 is 1.09 bits per heavy atom. The lowest BCUT2D eigenvalue weighted by atomic mass is 10.2. The number of thioether (sulfide) groups is 1. The number of hydrogen-bond donors (Lipinski definition) is 1. The van der Waals surface area contributed by atoms with Crippen LogP contribution < -0.4 is 10.1 Å². The number of halogens is 3. The van der Waals surface area contributed by atoms with Gasteiger partial charge in [-0.3, -0.25) is 9.36 Å². The van der Waals surface area contributed by atoms with Gasteiger partial charge in [0.1, 0.15) is 11.5 Å². The molecule has 2 heterocycles. The molecule has 0 bridgehead atoms. The van der Waals surface area contributed by atoms with Gasteiger partial charge in [-0.15, -0.1) is 10.2 Å². The Balaban J connectivity index is 1.48. The van der Waals surface area contributed by atoms with E-state index in [1.165, 1.54) is 12.1 Å². The summed E-state index contributed by atoms with van der Waals surface area (Å²) >= 11 is 1.16. The van der Waals surface area contributed by atoms with Crippen LogP contribution in [0.25, 0.3) is 11.4 Å². The standard InChI is InChI=1S/C23H19F3N4O3S/c1-32-18-10-4-15(5-11-18)21-28-29-22(30(21)13-19-3-2-12-33-19)34-14-20(31)27-17-8-6-16(7-9-17)23(24,25)26/h2-12H,13-14H2,1H3,(H,27,31). The maximum atomic E-state index is 12.7. The molecular formula is C23H19F3N4O3S. The highest BCUT2D eigenvalue weighted by Crippen LogP contribution is 2.30. The minimum absolute atomic E-state index is 0.0140. The van der Waals surface area contributed by atoms with E-state index in [1.54, 1.807) is 19.4 Å². The maximum absolute atomic E-state index is 12.7. The van der Waals surface area contributed by atoms with E-state index in [0.29, 0.717) is 29.0 Å². The number of benzene rings is 2. The molecule has 1 N–H and O–H groups in total. The van der Waals surface area contributed by atoms with Crippen molar-refractivity contribution in [3.63, 3.8) is 0 Å². The largest absolute Gasteiger partial charge is 0.497 e. The molecule has 0 spiro atoms. The first kappa shape index (κ1) is 23.4. The molecule has 0 radical (unpaired) electrons. The number of amides is 1. The summed E-state index contributed by atoms with van der Waals surface area (Å²) in [6, 6.07) is 15.2. The first-order chi connectivity index (χ1) is 16.3. The molecule has 0 atom stereocenters. The molecule has 1 amide bonds. The van der Waals surface area contributed by atoms with Gasteiger partial charge in [0.2, 0.25) is 5.91 Å². The van der Waals surface area contributed by atoms with Gasteiger partial charge in [-0.25, -0.2) is 0 Å². The number of furan rings is 1. The van der Waals surface area contributed by atoms with E-state index >= 15 is 0 Å². The molecule has 0 aliphatic heterocycles. The number of alkyl halides is 3. The van der Waals surface area contributed by atoms with Crippen molar-refractivity contribution >= 4 is 23.4 Å². The minimum Gasteiger partial charge on any atom is -0.497 e. The smallest absolute Gasteiger partial charge is 0.416 e. The second-order valence-corrected chi connectivity index (χ2v) is 8.05. The Hall–Kier alpha value is -3.73. The van der Waals surface area contributed by atoms with Gasteiger partial charge in [0.05, 0.1) is 31.2 Å². The molecule has 2 aromatic heterocycles. The number of aromatic nitrogens is 3. The van der Waals surface area contributed by atoms with Crippen molar-refractivity contribution < 1.29 is 27.1 Å². The fourth-order valence-corrected chi connectivity index (χ4v) is 3.86. The number of rotatable bonds is 8. The Morgan fingerprint density at radius 2 is 1.82 bits per heavy atom. The van der Waals surface area contributed by atoms with E-state index in [4.69, 9.17) is 9.15 Å². The van der Waals surface area contributed by atoms with Crippen LogP contribution in [0.4, 0.5) is 18.9 Å². The molecule has 0 aliphatic rings. The average molecular weight is 488 g/mol. The Morgan fingerprint density at radius 3 is 2.44 bits per heavy atom. The number of ether oxygens (including phenoxy) is 1. The predicted molar refractivity (Wildman–Crippen MR) is 121 cm³/mol. The Labute approximate surface area is 196 Å². The molecule has 0 unspecified atom stereocenters. The number of hydrogen-bond acceptors (Lipinski definition) is 6. The van der Waals surface area contributed by atoms with Crippen LogP contribution in [0.15, 0.2) is 76.5 Å². The highest BCUT2D eigenvalue weighted by atomic mass is 32.2. The number of methoxy groups -OCH3 is 1. The van der Waals surface area contributed by atoms with Crippen LogP contribution in [-0.4, -0.2) is 33.5 Å². The van der Waals surface area contributed by atoms with E-state index < -0.39 is 11.7 Å². The minimum atomic E-state index is -4.43. The zero-order valence-corrected chi connectivity index (χ0v) is 18.7. The maximum Gasteiger partial charge on any atom is 0.416 e. The zero-order chi connectivity index (χ0) is 24.1. The first-order valence-corrected chi connectivity index (χ1v) is 11.0. The normalized spacial score (nSPS) is 11.4. The van der Waals surface area contributed by atoms with Crippen molar-refractivity contribution in [2.75, 3.05) is 18.2 Å². The van der Waals surface area contributed by atoms with Gasteiger partial charge in [0.15, 0.2) is 11.0 Å². The van der Waals surface area contributed by atoms with Crippen LogP contribution in [0.1, 0.15) is 11.3 Å². The summed E-state index contributed by atoms with van der Waals surface area (Å²) < 4.78 is 50.6. The highest BCUT2D eigenvalue weighted by Gasteiger charge is 2.30. The summed E-state index contributed by atoms with van der Waals surface area (Å²) in [5.41, 5.74) is 0.299. The van der Waals surface area contributed by atoms with Crippen molar-refractivity contribution in [2.24, 2.45) is 0 Å². The van der Waals surface area contributed by atoms with Crippen molar-refractivity contribution in [1.82, 2.24) is 14.8 Å². The van der Waals surface area contributed by atoms with E-state index in [9.17, 15) is 18.0 Å². The van der Waals surface area contributed by atoms with E-state index in [1.807, 2.05) is 34.9 Å². The van der Waals surface area contributed by atoms with E-state index in [-0.39, 0.29) is 17.3 Å². The molecule has 34 heavy (non-hydrogen) atoms. The van der Waals surface area contributed by atoms with Crippen molar-refractivity contribution in [3.8, 4) is 17.1 Å². The molecule has 176 valence electrons. The van der Waals surface area contributed by atoms with E-state index in [2.05, 4.69) is 15.5 Å². The molecule has 0 saturated carbocycles. The molecule has 4 rings (SSSR count). The van der Waals surface area contributed by atoms with Crippen LogP contribution in [0, 0.1) is 0 Å². The van der Waals surface area contributed by atoms with Crippen molar-refractivity contribution in [3.05, 3.63) is 78.3 Å². The number of carbonyl (C=O) groups excluding carboxylic acids is 1. The van der Waals surface area contributed by atoms with Crippen molar-refractivity contribution in [1.29, 1.82) is 0 Å². The van der Waals surface area contributed by atoms with Crippen LogP contribution in [0.5, 0.6) is 5.75 Å². The SMILES string of the molecule is COc1ccc(-c2nnc(SCC(=O)Nc3ccc(C(F)(F)F)cc3)n2Cc2ccco2)cc1. The van der Waals surface area contributed by atoms with Gasteiger partial charge in [0, 0.05) is 11.3 Å². The number of nitrogens with one attached hydrogen (secondary N) is 1. The Kier molecular flexibility index (Phi) is 6.92. The molecule has 2 aromatic carbocycles. The van der Waals surface area contributed by atoms with Gasteiger partial charge in [-0.2, -0.15) is 13.2 Å². The molecule has 0 fully saturated rings. The van der Waals surface area contributed by atoms with E-state index in [0.717, 1.165) is 29.5 Å². The average Bonchev–Trinajstić information content (AvgIpc) is 3.48. The molecule has 11 heteroatoms. The van der Waals surface area contributed by atoms with Crippen molar-refractivity contribution in [2.45, 2.75) is 17.9 Å². The summed E-state index contributed by atoms with van der Waals surface area (Å²) in [6.45, 7) is 0.351. The number of anilines is 1. The monoisotopic (exact) mass is 488 g/mol. The molecule has 0 saturated heterocycles. The van der Waals surface area contributed by atoms with Crippen LogP contribution in [-0.2, 0) is 17.5 Å². The number of carbonyl (C=O) groups is 1. The van der Waals surface area contributed by atoms with Gasteiger partial charge < -0.3 is 14.5 Å². The van der Waals surface area contributed by atoms with Crippen LogP contribution in [0.2, 0.25) is 0 Å².